The van der Waals surface area contributed by atoms with Crippen molar-refractivity contribution in [2.75, 3.05) is 13.2 Å². The van der Waals surface area contributed by atoms with E-state index in [0.717, 1.165) is 116 Å². The molecule has 1 saturated heterocycles. The van der Waals surface area contributed by atoms with Gasteiger partial charge in [-0.2, -0.15) is 0 Å². The Kier molecular flexibility index (Phi) is 50.1. The Morgan fingerprint density at radius 2 is 0.827 bits per heavy atom. The molecule has 9 heteroatoms. The van der Waals surface area contributed by atoms with Crippen LogP contribution in [0, 0.1) is 0 Å². The van der Waals surface area contributed by atoms with Crippen LogP contribution < -0.4 is 5.32 Å². The third-order valence-corrected chi connectivity index (χ3v) is 13.6. The van der Waals surface area contributed by atoms with E-state index in [4.69, 9.17) is 9.47 Å². The number of hydrogen-bond donors (Lipinski definition) is 6. The average molecular weight is 1050 g/mol. The molecule has 7 unspecified atom stereocenters. The van der Waals surface area contributed by atoms with Crippen LogP contribution in [0.3, 0.4) is 0 Å². The van der Waals surface area contributed by atoms with E-state index in [-0.39, 0.29) is 12.5 Å². The highest BCUT2D eigenvalue weighted by Crippen LogP contribution is 2.23. The molecule has 6 N–H and O–H groups in total. The highest BCUT2D eigenvalue weighted by Gasteiger charge is 2.44. The maximum absolute atomic E-state index is 13.1. The number of allylic oxidation sites excluding steroid dienone is 20. The van der Waals surface area contributed by atoms with Gasteiger partial charge in [-0.15, -0.1) is 0 Å². The second-order valence-corrected chi connectivity index (χ2v) is 20.4. The van der Waals surface area contributed by atoms with Gasteiger partial charge in [0.25, 0.3) is 0 Å². The molecule has 1 heterocycles. The summed E-state index contributed by atoms with van der Waals surface area (Å²) in [5.74, 6) is -0.173. The number of carbonyl (C=O) groups is 1. The quantitative estimate of drug-likeness (QED) is 0.0261. The number of hydrogen-bond acceptors (Lipinski definition) is 8. The van der Waals surface area contributed by atoms with E-state index in [1.165, 1.54) is 89.9 Å². The first kappa shape index (κ1) is 69.6. The van der Waals surface area contributed by atoms with Crippen LogP contribution >= 0.6 is 0 Å². The number of carbonyl (C=O) groups excluding carboxylic acids is 1. The van der Waals surface area contributed by atoms with E-state index < -0.39 is 49.5 Å². The van der Waals surface area contributed by atoms with Gasteiger partial charge in [0, 0.05) is 6.42 Å². The SMILES string of the molecule is CC/C=C\C/C=C\C/C=C\C/C=C\C/C=C\C/C=C\C/C=C\C/C=C\C/C=C\C/C=C\CCCCCCC(=O)NC(COC1OC(CO)C(O)C(O)C1O)C(O)CCCCCCCCCCCCCCCCCCC. The summed E-state index contributed by atoms with van der Waals surface area (Å²) in [4.78, 5) is 13.1. The van der Waals surface area contributed by atoms with Crippen molar-refractivity contribution in [3.05, 3.63) is 122 Å². The summed E-state index contributed by atoms with van der Waals surface area (Å²) < 4.78 is 11.3. The topological polar surface area (TPSA) is 149 Å². The first-order valence-corrected chi connectivity index (χ1v) is 30.2. The standard InChI is InChI=1S/C66H111NO8/c1-3-5-7-9-11-13-15-17-19-21-22-23-24-25-26-27-28-29-30-31-32-33-34-35-36-37-38-40-42-44-46-48-50-52-54-56-62(70)67-59(58-74-66-65(73)64(72)63(71)61(57-68)75-66)60(69)55-53-51-49-47-45-43-41-39-20-18-16-14-12-10-8-6-4-2/h5,7,11,13,17,19,22-23,25-26,28-29,31-32,34-35,37-38,42,44,59-61,63-66,68-69,71-73H,3-4,6,8-10,12,14-16,18,20-21,24,27,30,33,36,39-41,43,45-58H2,1-2H3,(H,67,70)/b7-5-,13-11-,19-17-,23-22-,26-25-,29-28-,32-31-,35-34-,38-37-,44-42-. The van der Waals surface area contributed by atoms with Gasteiger partial charge < -0.3 is 40.3 Å². The van der Waals surface area contributed by atoms with Crippen molar-refractivity contribution in [2.45, 2.75) is 275 Å². The maximum Gasteiger partial charge on any atom is 0.220 e. The van der Waals surface area contributed by atoms with Gasteiger partial charge in [-0.3, -0.25) is 4.79 Å². The average Bonchev–Trinajstić information content (AvgIpc) is 3.41. The molecule has 0 radical (unpaired) electrons. The van der Waals surface area contributed by atoms with Gasteiger partial charge in [-0.05, 0) is 89.9 Å². The van der Waals surface area contributed by atoms with Crippen molar-refractivity contribution in [2.24, 2.45) is 0 Å². The van der Waals surface area contributed by atoms with E-state index in [2.05, 4.69) is 141 Å². The van der Waals surface area contributed by atoms with E-state index in [9.17, 15) is 30.3 Å². The first-order chi connectivity index (χ1) is 36.8. The monoisotopic (exact) mass is 1050 g/mol. The molecular weight excluding hydrogens is 935 g/mol. The lowest BCUT2D eigenvalue weighted by Gasteiger charge is -2.40. The Bertz CT molecular complexity index is 1590. The van der Waals surface area contributed by atoms with Crippen LogP contribution in [0.25, 0.3) is 0 Å². The number of aliphatic hydroxyl groups is 5. The molecule has 0 aliphatic carbocycles. The van der Waals surface area contributed by atoms with Crippen molar-refractivity contribution in [3.8, 4) is 0 Å². The Hall–Kier alpha value is -3.41. The zero-order valence-electron chi connectivity index (χ0n) is 47.5. The largest absolute Gasteiger partial charge is 0.394 e. The molecule has 0 bridgehead atoms. The maximum atomic E-state index is 13.1. The zero-order valence-corrected chi connectivity index (χ0v) is 47.5. The van der Waals surface area contributed by atoms with Gasteiger partial charge in [-0.1, -0.05) is 257 Å². The third-order valence-electron chi connectivity index (χ3n) is 13.6. The van der Waals surface area contributed by atoms with Crippen LogP contribution in [0.2, 0.25) is 0 Å². The molecule has 75 heavy (non-hydrogen) atoms. The molecule has 1 rings (SSSR count). The number of unbranched alkanes of at least 4 members (excludes halogenated alkanes) is 20. The van der Waals surface area contributed by atoms with Gasteiger partial charge in [0.15, 0.2) is 6.29 Å². The lowest BCUT2D eigenvalue weighted by Crippen LogP contribution is -2.60. The highest BCUT2D eigenvalue weighted by molar-refractivity contribution is 5.76. The molecule has 0 aromatic carbocycles. The predicted molar refractivity (Wildman–Crippen MR) is 317 cm³/mol. The van der Waals surface area contributed by atoms with Crippen LogP contribution in [-0.2, 0) is 14.3 Å². The highest BCUT2D eigenvalue weighted by atomic mass is 16.7. The van der Waals surface area contributed by atoms with Gasteiger partial charge in [0.1, 0.15) is 24.4 Å². The second kappa shape index (κ2) is 54.0. The minimum absolute atomic E-state index is 0.156. The van der Waals surface area contributed by atoms with Gasteiger partial charge >= 0.3 is 0 Å². The Labute approximate surface area is 458 Å². The summed E-state index contributed by atoms with van der Waals surface area (Å²) >= 11 is 0. The molecule has 1 aliphatic rings. The molecule has 7 atom stereocenters. The fourth-order valence-electron chi connectivity index (χ4n) is 8.84. The minimum atomic E-state index is -1.57. The number of nitrogens with one attached hydrogen (secondary N) is 1. The lowest BCUT2D eigenvalue weighted by molar-refractivity contribution is -0.302. The van der Waals surface area contributed by atoms with Crippen molar-refractivity contribution in [1.29, 1.82) is 0 Å². The van der Waals surface area contributed by atoms with Crippen LogP contribution in [0.1, 0.15) is 232 Å². The van der Waals surface area contributed by atoms with Crippen molar-refractivity contribution < 1.29 is 39.8 Å². The molecule has 0 saturated carbocycles. The second-order valence-electron chi connectivity index (χ2n) is 20.4. The molecule has 1 aliphatic heterocycles. The van der Waals surface area contributed by atoms with E-state index in [0.29, 0.717) is 12.8 Å². The van der Waals surface area contributed by atoms with Gasteiger partial charge in [-0.25, -0.2) is 0 Å². The zero-order chi connectivity index (χ0) is 54.3. The Balaban J connectivity index is 2.22. The summed E-state index contributed by atoms with van der Waals surface area (Å²) in [6.07, 6.45) is 73.6. The van der Waals surface area contributed by atoms with Crippen molar-refractivity contribution in [1.82, 2.24) is 5.32 Å². The smallest absolute Gasteiger partial charge is 0.220 e. The molecule has 1 fully saturated rings. The predicted octanol–water partition coefficient (Wildman–Crippen LogP) is 15.5. The summed E-state index contributed by atoms with van der Waals surface area (Å²) in [5.41, 5.74) is 0. The van der Waals surface area contributed by atoms with Gasteiger partial charge in [0.05, 0.1) is 25.4 Å². The molecule has 0 spiro atoms. The number of rotatable bonds is 50. The van der Waals surface area contributed by atoms with Crippen LogP contribution in [0.4, 0.5) is 0 Å². The van der Waals surface area contributed by atoms with Crippen molar-refractivity contribution in [3.63, 3.8) is 0 Å². The Morgan fingerprint density at radius 3 is 1.23 bits per heavy atom. The number of amides is 1. The van der Waals surface area contributed by atoms with E-state index in [1.54, 1.807) is 0 Å². The summed E-state index contributed by atoms with van der Waals surface area (Å²) in [6.45, 7) is 3.71. The molecular formula is C66H111NO8. The summed E-state index contributed by atoms with van der Waals surface area (Å²) in [7, 11) is 0. The van der Waals surface area contributed by atoms with Crippen LogP contribution in [0.5, 0.6) is 0 Å². The molecule has 428 valence electrons. The van der Waals surface area contributed by atoms with Crippen LogP contribution in [-0.4, -0.2) is 87.5 Å². The summed E-state index contributed by atoms with van der Waals surface area (Å²) in [6, 6.07) is -0.742. The fraction of sp³-hybridized carbons (Fsp3) is 0.682. The van der Waals surface area contributed by atoms with E-state index >= 15 is 0 Å². The van der Waals surface area contributed by atoms with Crippen molar-refractivity contribution >= 4 is 5.91 Å². The number of aliphatic hydroxyl groups excluding tert-OH is 5. The van der Waals surface area contributed by atoms with Crippen LogP contribution in [0.15, 0.2) is 122 Å². The lowest BCUT2D eigenvalue weighted by atomic mass is 9.99. The minimum Gasteiger partial charge on any atom is -0.394 e. The molecule has 0 aromatic heterocycles. The van der Waals surface area contributed by atoms with E-state index in [1.807, 2.05) is 0 Å². The third kappa shape index (κ3) is 43.3. The fourth-order valence-corrected chi connectivity index (χ4v) is 8.84. The first-order valence-electron chi connectivity index (χ1n) is 30.2. The number of ether oxygens (including phenoxy) is 2. The molecule has 9 nitrogen and oxygen atoms in total. The molecule has 1 amide bonds. The molecule has 0 aromatic rings. The Morgan fingerprint density at radius 1 is 0.467 bits per heavy atom. The van der Waals surface area contributed by atoms with Gasteiger partial charge in [0.2, 0.25) is 5.91 Å². The summed E-state index contributed by atoms with van der Waals surface area (Å²) in [5, 5.41) is 54.7. The normalized spacial score (nSPS) is 19.8.